The van der Waals surface area contributed by atoms with Crippen molar-refractivity contribution in [3.05, 3.63) is 33.8 Å². The summed E-state index contributed by atoms with van der Waals surface area (Å²) in [6.07, 6.45) is 2.02. The van der Waals surface area contributed by atoms with Crippen LogP contribution in [-0.2, 0) is 4.74 Å². The number of halogens is 2. The molecule has 4 heteroatoms. The fourth-order valence-corrected chi connectivity index (χ4v) is 1.46. The van der Waals surface area contributed by atoms with Crippen LogP contribution in [0.1, 0.15) is 30.1 Å². The molecule has 1 aromatic rings. The van der Waals surface area contributed by atoms with Crippen LogP contribution < -0.4 is 0 Å². The number of carbonyl (C=O) groups is 1. The van der Waals surface area contributed by atoms with E-state index in [1.54, 1.807) is 18.2 Å². The first-order valence-corrected chi connectivity index (χ1v) is 5.96. The van der Waals surface area contributed by atoms with Crippen molar-refractivity contribution in [1.82, 2.24) is 0 Å². The van der Waals surface area contributed by atoms with Gasteiger partial charge in [0.05, 0.1) is 10.0 Å². The van der Waals surface area contributed by atoms with Crippen LogP contribution in [0.15, 0.2) is 18.2 Å². The zero-order valence-electron chi connectivity index (χ0n) is 9.13. The van der Waals surface area contributed by atoms with Crippen LogP contribution in [0.5, 0.6) is 0 Å². The summed E-state index contributed by atoms with van der Waals surface area (Å²) in [4.78, 5) is 11.6. The molecular weight excluding hydrogens is 247 g/mol. The molecule has 0 aliphatic rings. The van der Waals surface area contributed by atoms with E-state index < -0.39 is 0 Å². The molecule has 0 fully saturated rings. The molecule has 16 heavy (non-hydrogen) atoms. The number of Topliss-reactive ketones (excluding diaryl/α,β-unsaturated/α-hetero) is 1. The fraction of sp³-hybridized carbons (Fsp3) is 0.417. The number of hydrogen-bond donors (Lipinski definition) is 0. The second kappa shape index (κ2) is 6.89. The third-order valence-electron chi connectivity index (χ3n) is 2.12. The minimum atomic E-state index is -0.0744. The van der Waals surface area contributed by atoms with Crippen molar-refractivity contribution in [2.45, 2.75) is 19.8 Å². The van der Waals surface area contributed by atoms with Gasteiger partial charge in [-0.2, -0.15) is 0 Å². The number of ether oxygens (including phenoxy) is 1. The van der Waals surface area contributed by atoms with Crippen molar-refractivity contribution in [3.8, 4) is 0 Å². The van der Waals surface area contributed by atoms with Gasteiger partial charge in [0, 0.05) is 12.2 Å². The minimum absolute atomic E-state index is 0.0744. The lowest BCUT2D eigenvalue weighted by Crippen LogP contribution is -2.09. The van der Waals surface area contributed by atoms with E-state index in [4.69, 9.17) is 27.9 Å². The molecule has 0 aliphatic heterocycles. The molecule has 0 bridgehead atoms. The van der Waals surface area contributed by atoms with Crippen molar-refractivity contribution in [3.63, 3.8) is 0 Å². The van der Waals surface area contributed by atoms with Gasteiger partial charge in [-0.3, -0.25) is 4.79 Å². The molecule has 0 radical (unpaired) electrons. The smallest absolute Gasteiger partial charge is 0.188 e. The Morgan fingerprint density at radius 3 is 2.69 bits per heavy atom. The highest BCUT2D eigenvalue weighted by atomic mass is 35.5. The molecule has 0 aromatic heterocycles. The van der Waals surface area contributed by atoms with Gasteiger partial charge in [-0.25, -0.2) is 0 Å². The molecule has 0 heterocycles. The Morgan fingerprint density at radius 2 is 2.06 bits per heavy atom. The Balaban J connectivity index is 2.50. The maximum atomic E-state index is 11.6. The molecule has 0 aliphatic carbocycles. The topological polar surface area (TPSA) is 26.3 Å². The number of unbranched alkanes of at least 4 members (excludes halogenated alkanes) is 1. The summed E-state index contributed by atoms with van der Waals surface area (Å²) in [6, 6.07) is 4.83. The first kappa shape index (κ1) is 13.5. The van der Waals surface area contributed by atoms with E-state index in [9.17, 15) is 4.79 Å². The monoisotopic (exact) mass is 260 g/mol. The second-order valence-corrected chi connectivity index (χ2v) is 4.27. The lowest BCUT2D eigenvalue weighted by atomic mass is 10.1. The molecular formula is C12H14Cl2O2. The van der Waals surface area contributed by atoms with Gasteiger partial charge < -0.3 is 4.74 Å². The third-order valence-corrected chi connectivity index (χ3v) is 2.86. The zero-order valence-corrected chi connectivity index (χ0v) is 10.6. The minimum Gasteiger partial charge on any atom is -0.373 e. The SMILES string of the molecule is CCCCOCC(=O)c1ccc(Cl)c(Cl)c1. The standard InChI is InChI=1S/C12H14Cl2O2/c1-2-3-6-16-8-12(15)9-4-5-10(13)11(14)7-9/h4-5,7H,2-3,6,8H2,1H3. The molecule has 2 nitrogen and oxygen atoms in total. The van der Waals surface area contributed by atoms with Gasteiger partial charge in [0.15, 0.2) is 5.78 Å². The molecule has 0 amide bonds. The van der Waals surface area contributed by atoms with Gasteiger partial charge in [0.25, 0.3) is 0 Å². The van der Waals surface area contributed by atoms with Gasteiger partial charge >= 0.3 is 0 Å². The summed E-state index contributed by atoms with van der Waals surface area (Å²) in [5.41, 5.74) is 0.533. The van der Waals surface area contributed by atoms with Crippen LogP contribution in [0.25, 0.3) is 0 Å². The van der Waals surface area contributed by atoms with E-state index in [2.05, 4.69) is 6.92 Å². The van der Waals surface area contributed by atoms with E-state index in [1.807, 2.05) is 0 Å². The highest BCUT2D eigenvalue weighted by molar-refractivity contribution is 6.42. The predicted octanol–water partition coefficient (Wildman–Crippen LogP) is 3.99. The molecule has 0 saturated carbocycles. The third kappa shape index (κ3) is 4.12. The average molecular weight is 261 g/mol. The largest absolute Gasteiger partial charge is 0.373 e. The normalized spacial score (nSPS) is 10.4. The number of benzene rings is 1. The number of ketones is 1. The van der Waals surface area contributed by atoms with Crippen LogP contribution in [0.4, 0.5) is 0 Å². The predicted molar refractivity (Wildman–Crippen MR) is 66.5 cm³/mol. The van der Waals surface area contributed by atoms with Crippen molar-refractivity contribution in [2.24, 2.45) is 0 Å². The van der Waals surface area contributed by atoms with Gasteiger partial charge in [-0.1, -0.05) is 36.5 Å². The van der Waals surface area contributed by atoms with Gasteiger partial charge in [-0.15, -0.1) is 0 Å². The summed E-state index contributed by atoms with van der Waals surface area (Å²) in [6.45, 7) is 2.78. The molecule has 0 N–H and O–H groups in total. The molecule has 0 saturated heterocycles. The highest BCUT2D eigenvalue weighted by Crippen LogP contribution is 2.22. The number of hydrogen-bond acceptors (Lipinski definition) is 2. The fourth-order valence-electron chi connectivity index (χ4n) is 1.16. The van der Waals surface area contributed by atoms with Gasteiger partial charge in [0.2, 0.25) is 0 Å². The van der Waals surface area contributed by atoms with E-state index in [1.165, 1.54) is 0 Å². The van der Waals surface area contributed by atoms with Gasteiger partial charge in [-0.05, 0) is 24.6 Å². The average Bonchev–Trinajstić information content (AvgIpc) is 2.28. The van der Waals surface area contributed by atoms with Crippen LogP contribution in [-0.4, -0.2) is 19.0 Å². The van der Waals surface area contributed by atoms with E-state index >= 15 is 0 Å². The Labute approximate surface area is 106 Å². The van der Waals surface area contributed by atoms with Crippen molar-refractivity contribution >= 4 is 29.0 Å². The van der Waals surface area contributed by atoms with Crippen LogP contribution >= 0.6 is 23.2 Å². The van der Waals surface area contributed by atoms with Crippen molar-refractivity contribution in [1.29, 1.82) is 0 Å². The lowest BCUT2D eigenvalue weighted by Gasteiger charge is -2.04. The maximum Gasteiger partial charge on any atom is 0.188 e. The molecule has 1 rings (SSSR count). The summed E-state index contributed by atoms with van der Waals surface area (Å²) >= 11 is 11.6. The first-order chi connectivity index (χ1) is 7.65. The van der Waals surface area contributed by atoms with E-state index in [0.29, 0.717) is 22.2 Å². The van der Waals surface area contributed by atoms with Crippen molar-refractivity contribution in [2.75, 3.05) is 13.2 Å². The zero-order chi connectivity index (χ0) is 12.0. The highest BCUT2D eigenvalue weighted by Gasteiger charge is 2.07. The van der Waals surface area contributed by atoms with Crippen LogP contribution in [0, 0.1) is 0 Å². The Bertz CT molecular complexity index is 364. The Morgan fingerprint density at radius 1 is 1.31 bits per heavy atom. The first-order valence-electron chi connectivity index (χ1n) is 5.21. The lowest BCUT2D eigenvalue weighted by molar-refractivity contribution is 0.0754. The molecule has 1 aromatic carbocycles. The Hall–Kier alpha value is -0.570. The van der Waals surface area contributed by atoms with Gasteiger partial charge in [0.1, 0.15) is 6.61 Å². The van der Waals surface area contributed by atoms with E-state index in [-0.39, 0.29) is 12.4 Å². The molecule has 0 unspecified atom stereocenters. The summed E-state index contributed by atoms with van der Waals surface area (Å²) in [5.74, 6) is -0.0744. The summed E-state index contributed by atoms with van der Waals surface area (Å²) < 4.78 is 5.23. The van der Waals surface area contributed by atoms with Crippen LogP contribution in [0.3, 0.4) is 0 Å². The number of carbonyl (C=O) groups excluding carboxylic acids is 1. The summed E-state index contributed by atoms with van der Waals surface area (Å²) in [5, 5.41) is 0.839. The molecule has 0 spiro atoms. The van der Waals surface area contributed by atoms with E-state index in [0.717, 1.165) is 12.8 Å². The Kier molecular flexibility index (Phi) is 5.81. The molecule has 88 valence electrons. The number of rotatable bonds is 6. The summed E-state index contributed by atoms with van der Waals surface area (Å²) in [7, 11) is 0. The van der Waals surface area contributed by atoms with Crippen molar-refractivity contribution < 1.29 is 9.53 Å². The quantitative estimate of drug-likeness (QED) is 0.571. The second-order valence-electron chi connectivity index (χ2n) is 3.46. The maximum absolute atomic E-state index is 11.6. The van der Waals surface area contributed by atoms with Crippen LogP contribution in [0.2, 0.25) is 10.0 Å². The molecule has 0 atom stereocenters.